The van der Waals surface area contributed by atoms with Gasteiger partial charge in [-0.25, -0.2) is 0 Å². The van der Waals surface area contributed by atoms with Gasteiger partial charge >= 0.3 is 0 Å². The molecule has 0 saturated carbocycles. The summed E-state index contributed by atoms with van der Waals surface area (Å²) in [6.45, 7) is 0.488. The third kappa shape index (κ3) is 7.68. The van der Waals surface area contributed by atoms with Gasteiger partial charge in [0.15, 0.2) is 6.29 Å². The lowest BCUT2D eigenvalue weighted by atomic mass is 9.98. The van der Waals surface area contributed by atoms with Gasteiger partial charge in [-0.3, -0.25) is 4.55 Å². The molecule has 4 rings (SSSR count). The molecule has 3 aromatic carbocycles. The Morgan fingerprint density at radius 2 is 1.03 bits per heavy atom. The Bertz CT molecular complexity index is 1160. The first-order valence-electron chi connectivity index (χ1n) is 11.6. The van der Waals surface area contributed by atoms with E-state index in [2.05, 4.69) is 0 Å². The monoisotopic (exact) mass is 514 g/mol. The van der Waals surface area contributed by atoms with Gasteiger partial charge in [-0.15, -0.1) is 0 Å². The summed E-state index contributed by atoms with van der Waals surface area (Å²) in [6, 6.07) is 28.2. The fourth-order valence-corrected chi connectivity index (χ4v) is 4.79. The minimum Gasteiger partial charge on any atom is -0.368 e. The SMILES string of the molecule is O=S(=O)(O)C[C@H]1O[C@H](O)[C@H](OCc2ccccc2)[C@@H](OCc2ccccc2)[C@H]1OCc1ccccc1. The van der Waals surface area contributed by atoms with Gasteiger partial charge in [0.1, 0.15) is 30.2 Å². The van der Waals surface area contributed by atoms with E-state index in [0.717, 1.165) is 16.7 Å². The molecule has 36 heavy (non-hydrogen) atoms. The van der Waals surface area contributed by atoms with Crippen LogP contribution in [0.4, 0.5) is 0 Å². The van der Waals surface area contributed by atoms with E-state index in [9.17, 15) is 18.1 Å². The van der Waals surface area contributed by atoms with E-state index in [1.807, 2.05) is 91.0 Å². The van der Waals surface area contributed by atoms with Crippen molar-refractivity contribution in [2.24, 2.45) is 0 Å². The fourth-order valence-electron chi connectivity index (χ4n) is 4.11. The van der Waals surface area contributed by atoms with Crippen LogP contribution >= 0.6 is 0 Å². The Kier molecular flexibility index (Phi) is 9.22. The van der Waals surface area contributed by atoms with Crippen molar-refractivity contribution in [2.45, 2.75) is 50.5 Å². The molecule has 0 spiro atoms. The topological polar surface area (TPSA) is 112 Å². The van der Waals surface area contributed by atoms with Gasteiger partial charge in [-0.2, -0.15) is 8.42 Å². The van der Waals surface area contributed by atoms with Gasteiger partial charge in [0.25, 0.3) is 10.1 Å². The summed E-state index contributed by atoms with van der Waals surface area (Å²) in [5, 5.41) is 10.8. The maximum absolute atomic E-state index is 11.8. The first kappa shape index (κ1) is 26.4. The van der Waals surface area contributed by atoms with Gasteiger partial charge in [-0.05, 0) is 16.7 Å². The molecule has 192 valence electrons. The van der Waals surface area contributed by atoms with Crippen molar-refractivity contribution in [3.05, 3.63) is 108 Å². The standard InChI is InChI=1S/C27H30O8S/c28-27-26(34-18-22-14-8-3-9-15-22)25(33-17-21-12-6-2-7-13-21)24(23(35-27)19-36(29,30)31)32-16-20-10-4-1-5-11-20/h1-15,23-28H,16-19H2,(H,29,30,31)/t23-,24+,25+,26-,27+/m1/s1. The van der Waals surface area contributed by atoms with E-state index in [1.165, 1.54) is 0 Å². The second kappa shape index (κ2) is 12.6. The molecule has 1 aliphatic rings. The Morgan fingerprint density at radius 1 is 0.639 bits per heavy atom. The van der Waals surface area contributed by atoms with Crippen LogP contribution < -0.4 is 0 Å². The van der Waals surface area contributed by atoms with Gasteiger partial charge in [0.05, 0.1) is 19.8 Å². The largest absolute Gasteiger partial charge is 0.368 e. The van der Waals surface area contributed by atoms with Crippen molar-refractivity contribution < 1.29 is 37.0 Å². The zero-order valence-corrected chi connectivity index (χ0v) is 20.4. The second-order valence-electron chi connectivity index (χ2n) is 8.60. The van der Waals surface area contributed by atoms with E-state index in [1.54, 1.807) is 0 Å². The molecule has 5 atom stereocenters. The van der Waals surface area contributed by atoms with E-state index in [4.69, 9.17) is 18.9 Å². The zero-order valence-electron chi connectivity index (χ0n) is 19.6. The molecule has 1 heterocycles. The summed E-state index contributed by atoms with van der Waals surface area (Å²) in [4.78, 5) is 0. The summed E-state index contributed by atoms with van der Waals surface area (Å²) in [6.07, 6.45) is -5.52. The van der Waals surface area contributed by atoms with Crippen LogP contribution in [0.3, 0.4) is 0 Å². The van der Waals surface area contributed by atoms with E-state index >= 15 is 0 Å². The Hall–Kier alpha value is -2.63. The van der Waals surface area contributed by atoms with E-state index in [0.29, 0.717) is 0 Å². The first-order valence-corrected chi connectivity index (χ1v) is 13.3. The molecule has 0 unspecified atom stereocenters. The Labute approximate surface area is 211 Å². The van der Waals surface area contributed by atoms with Gasteiger partial charge in [0, 0.05) is 0 Å². The highest BCUT2D eigenvalue weighted by Crippen LogP contribution is 2.30. The normalized spacial score (nSPS) is 24.4. The van der Waals surface area contributed by atoms with Crippen LogP contribution in [0.2, 0.25) is 0 Å². The van der Waals surface area contributed by atoms with Crippen molar-refractivity contribution in [3.63, 3.8) is 0 Å². The van der Waals surface area contributed by atoms with Crippen LogP contribution in [0.1, 0.15) is 16.7 Å². The number of rotatable bonds is 11. The molecule has 1 saturated heterocycles. The molecule has 0 radical (unpaired) electrons. The summed E-state index contributed by atoms with van der Waals surface area (Å²) >= 11 is 0. The molecule has 0 bridgehead atoms. The second-order valence-corrected chi connectivity index (χ2v) is 10.1. The number of hydrogen-bond donors (Lipinski definition) is 2. The lowest BCUT2D eigenvalue weighted by molar-refractivity contribution is -0.307. The summed E-state index contributed by atoms with van der Waals surface area (Å²) in [5.74, 6) is -0.764. The van der Waals surface area contributed by atoms with Crippen LogP contribution in [-0.2, 0) is 48.9 Å². The van der Waals surface area contributed by atoms with Crippen molar-refractivity contribution in [2.75, 3.05) is 5.75 Å². The van der Waals surface area contributed by atoms with Crippen LogP contribution in [0.5, 0.6) is 0 Å². The quantitative estimate of drug-likeness (QED) is 0.375. The minimum atomic E-state index is -4.44. The maximum atomic E-state index is 11.8. The van der Waals surface area contributed by atoms with Gasteiger partial charge in [0.2, 0.25) is 0 Å². The predicted molar refractivity (Wildman–Crippen MR) is 132 cm³/mol. The molecule has 0 amide bonds. The van der Waals surface area contributed by atoms with Crippen LogP contribution in [0.25, 0.3) is 0 Å². The highest BCUT2D eigenvalue weighted by Gasteiger charge is 2.49. The molecule has 0 aromatic heterocycles. The number of hydrogen-bond acceptors (Lipinski definition) is 7. The summed E-state index contributed by atoms with van der Waals surface area (Å²) < 4.78 is 57.1. The molecule has 1 aliphatic heterocycles. The van der Waals surface area contributed by atoms with Crippen molar-refractivity contribution in [1.82, 2.24) is 0 Å². The highest BCUT2D eigenvalue weighted by molar-refractivity contribution is 7.85. The highest BCUT2D eigenvalue weighted by atomic mass is 32.2. The molecule has 8 nitrogen and oxygen atoms in total. The molecule has 0 aliphatic carbocycles. The number of ether oxygens (including phenoxy) is 4. The fraction of sp³-hybridized carbons (Fsp3) is 0.333. The molecule has 9 heteroatoms. The van der Waals surface area contributed by atoms with E-state index in [-0.39, 0.29) is 19.8 Å². The average molecular weight is 515 g/mol. The zero-order chi connectivity index (χ0) is 25.4. The van der Waals surface area contributed by atoms with Crippen LogP contribution in [0.15, 0.2) is 91.0 Å². The average Bonchev–Trinajstić information content (AvgIpc) is 2.87. The van der Waals surface area contributed by atoms with E-state index < -0.39 is 46.6 Å². The lowest BCUT2D eigenvalue weighted by Crippen LogP contribution is -2.61. The third-order valence-corrected chi connectivity index (χ3v) is 6.59. The molecule has 2 N–H and O–H groups in total. The number of aliphatic hydroxyl groups excluding tert-OH is 1. The van der Waals surface area contributed by atoms with Crippen molar-refractivity contribution in [3.8, 4) is 0 Å². The lowest BCUT2D eigenvalue weighted by Gasteiger charge is -2.44. The Morgan fingerprint density at radius 3 is 1.44 bits per heavy atom. The summed E-state index contributed by atoms with van der Waals surface area (Å²) in [7, 11) is -4.44. The smallest absolute Gasteiger partial charge is 0.267 e. The molecular weight excluding hydrogens is 484 g/mol. The van der Waals surface area contributed by atoms with Gasteiger partial charge in [-0.1, -0.05) is 91.0 Å². The molecular formula is C27H30O8S. The number of benzene rings is 3. The molecule has 3 aromatic rings. The van der Waals surface area contributed by atoms with Crippen molar-refractivity contribution in [1.29, 1.82) is 0 Å². The number of aliphatic hydroxyl groups is 1. The van der Waals surface area contributed by atoms with Gasteiger partial charge < -0.3 is 24.1 Å². The van der Waals surface area contributed by atoms with Crippen molar-refractivity contribution >= 4 is 10.1 Å². The predicted octanol–water partition coefficient (Wildman–Crippen LogP) is 3.35. The molecule has 1 fully saturated rings. The Balaban J connectivity index is 1.60. The third-order valence-electron chi connectivity index (χ3n) is 5.84. The minimum absolute atomic E-state index is 0.142. The maximum Gasteiger partial charge on any atom is 0.267 e. The van der Waals surface area contributed by atoms with Crippen LogP contribution in [-0.4, -0.2) is 54.5 Å². The van der Waals surface area contributed by atoms with Crippen LogP contribution in [0, 0.1) is 0 Å². The first-order chi connectivity index (χ1) is 17.4. The summed E-state index contributed by atoms with van der Waals surface area (Å²) in [5.41, 5.74) is 2.62.